The number of nitrogens with zero attached hydrogens (tertiary/aromatic N) is 5. The van der Waals surface area contributed by atoms with Gasteiger partial charge >= 0.3 is 6.09 Å². The van der Waals surface area contributed by atoms with Crippen LogP contribution in [0.3, 0.4) is 0 Å². The van der Waals surface area contributed by atoms with Gasteiger partial charge in [0.05, 0.1) is 13.2 Å². The van der Waals surface area contributed by atoms with Gasteiger partial charge in [0, 0.05) is 12.7 Å². The van der Waals surface area contributed by atoms with Gasteiger partial charge < -0.3 is 24.4 Å². The molecule has 4 heterocycles. The van der Waals surface area contributed by atoms with E-state index in [1.807, 2.05) is 0 Å². The molecule has 1 unspecified atom stereocenters. The minimum Gasteiger partial charge on any atom is -0.465 e. The molecule has 4 rings (SSSR count). The Morgan fingerprint density at radius 3 is 3.11 bits per heavy atom. The molecule has 0 saturated carbocycles. The topological polar surface area (TPSA) is 137 Å². The van der Waals surface area contributed by atoms with Crippen LogP contribution < -0.4 is 5.32 Å². The van der Waals surface area contributed by atoms with E-state index >= 15 is 0 Å². The van der Waals surface area contributed by atoms with Crippen molar-refractivity contribution in [3.05, 3.63) is 29.7 Å². The van der Waals surface area contributed by atoms with Crippen molar-refractivity contribution in [2.75, 3.05) is 6.61 Å². The molecule has 142 valence electrons. The zero-order chi connectivity index (χ0) is 18.6. The highest BCUT2D eigenvalue weighted by Crippen LogP contribution is 2.20. The van der Waals surface area contributed by atoms with E-state index < -0.39 is 6.09 Å². The summed E-state index contributed by atoms with van der Waals surface area (Å²) in [4.78, 5) is 10.7. The molecule has 27 heavy (non-hydrogen) atoms. The zero-order valence-corrected chi connectivity index (χ0v) is 14.4. The fourth-order valence-electron chi connectivity index (χ4n) is 2.75. The first kappa shape index (κ1) is 17.4. The summed E-state index contributed by atoms with van der Waals surface area (Å²) in [5.41, 5.74) is 1.66. The number of amides is 1. The SMILES string of the molecule is O=C(O)NCc1nnc2ccc(-c3cc(COC4CCCCO4)no3)nn12. The molecule has 1 fully saturated rings. The van der Waals surface area contributed by atoms with Crippen LogP contribution in [0.5, 0.6) is 0 Å². The second-order valence-electron chi connectivity index (χ2n) is 6.05. The first-order valence-electron chi connectivity index (χ1n) is 8.56. The van der Waals surface area contributed by atoms with Crippen LogP contribution in [-0.2, 0) is 22.6 Å². The smallest absolute Gasteiger partial charge is 0.405 e. The lowest BCUT2D eigenvalue weighted by Crippen LogP contribution is -2.22. The van der Waals surface area contributed by atoms with Crippen LogP contribution in [0, 0.1) is 0 Å². The summed E-state index contributed by atoms with van der Waals surface area (Å²) in [6.07, 6.45) is 1.69. The van der Waals surface area contributed by atoms with E-state index in [2.05, 4.69) is 25.8 Å². The van der Waals surface area contributed by atoms with Gasteiger partial charge in [-0.25, -0.2) is 4.79 Å². The molecule has 0 aliphatic carbocycles. The molecule has 0 bridgehead atoms. The second kappa shape index (κ2) is 7.68. The summed E-state index contributed by atoms with van der Waals surface area (Å²) in [7, 11) is 0. The van der Waals surface area contributed by atoms with Gasteiger partial charge in [-0.05, 0) is 31.4 Å². The highest BCUT2D eigenvalue weighted by molar-refractivity contribution is 5.64. The maximum Gasteiger partial charge on any atom is 0.405 e. The third-order valence-electron chi connectivity index (χ3n) is 4.09. The fraction of sp³-hybridized carbons (Fsp3) is 0.438. The van der Waals surface area contributed by atoms with E-state index in [0.717, 1.165) is 25.9 Å². The lowest BCUT2D eigenvalue weighted by molar-refractivity contribution is -0.169. The van der Waals surface area contributed by atoms with E-state index in [0.29, 0.717) is 28.6 Å². The molecule has 1 atom stereocenters. The molecule has 3 aromatic heterocycles. The third kappa shape index (κ3) is 4.04. The van der Waals surface area contributed by atoms with Crippen LogP contribution in [0.15, 0.2) is 22.7 Å². The minimum absolute atomic E-state index is 0.0101. The molecule has 11 nitrogen and oxygen atoms in total. The maximum atomic E-state index is 10.7. The van der Waals surface area contributed by atoms with Crippen LogP contribution in [0.25, 0.3) is 17.1 Å². The van der Waals surface area contributed by atoms with Crippen molar-refractivity contribution in [1.82, 2.24) is 30.3 Å². The Balaban J connectivity index is 1.47. The number of rotatable bonds is 6. The summed E-state index contributed by atoms with van der Waals surface area (Å²) >= 11 is 0. The Kier molecular flexibility index (Phi) is 4.94. The molecule has 2 N–H and O–H groups in total. The molecule has 1 saturated heterocycles. The van der Waals surface area contributed by atoms with E-state index in [9.17, 15) is 4.79 Å². The van der Waals surface area contributed by atoms with Crippen molar-refractivity contribution in [1.29, 1.82) is 0 Å². The molecule has 0 spiro atoms. The fourth-order valence-corrected chi connectivity index (χ4v) is 2.75. The Hall–Kier alpha value is -3.05. The molecule has 0 radical (unpaired) electrons. The Morgan fingerprint density at radius 2 is 2.30 bits per heavy atom. The van der Waals surface area contributed by atoms with Gasteiger partial charge in [0.1, 0.15) is 11.4 Å². The Morgan fingerprint density at radius 1 is 1.37 bits per heavy atom. The van der Waals surface area contributed by atoms with Crippen molar-refractivity contribution in [2.24, 2.45) is 0 Å². The summed E-state index contributed by atoms with van der Waals surface area (Å²) in [5, 5.41) is 27.3. The van der Waals surface area contributed by atoms with Gasteiger partial charge in [0.15, 0.2) is 23.5 Å². The van der Waals surface area contributed by atoms with Crippen molar-refractivity contribution < 1.29 is 23.9 Å². The van der Waals surface area contributed by atoms with E-state index in [4.69, 9.17) is 19.1 Å². The Labute approximate surface area is 153 Å². The summed E-state index contributed by atoms with van der Waals surface area (Å²) in [5.74, 6) is 0.831. The van der Waals surface area contributed by atoms with Crippen LogP contribution in [0.4, 0.5) is 4.79 Å². The van der Waals surface area contributed by atoms with E-state index in [1.165, 1.54) is 4.52 Å². The average Bonchev–Trinajstić information content (AvgIpc) is 3.32. The van der Waals surface area contributed by atoms with Gasteiger partial charge in [-0.15, -0.1) is 10.2 Å². The number of carbonyl (C=O) groups is 1. The van der Waals surface area contributed by atoms with Gasteiger partial charge in [-0.3, -0.25) is 0 Å². The standard InChI is InChI=1S/C16H18N6O5/c23-16(24)17-8-14-19-18-13-5-4-11(20-22(13)14)12-7-10(21-27-12)9-26-15-3-1-2-6-25-15/h4-5,7,15,17H,1-3,6,8-9H2,(H,23,24). The van der Waals surface area contributed by atoms with Crippen molar-refractivity contribution in [3.63, 3.8) is 0 Å². The van der Waals surface area contributed by atoms with Crippen LogP contribution in [-0.4, -0.2) is 49.1 Å². The number of hydrogen-bond donors (Lipinski definition) is 2. The number of fused-ring (bicyclic) bond motifs is 1. The van der Waals surface area contributed by atoms with Crippen LogP contribution in [0.2, 0.25) is 0 Å². The molecular formula is C16H18N6O5. The summed E-state index contributed by atoms with van der Waals surface area (Å²) in [6, 6.07) is 5.19. The molecule has 0 aromatic carbocycles. The largest absolute Gasteiger partial charge is 0.465 e. The predicted octanol–water partition coefficient (Wildman–Crippen LogP) is 1.59. The molecule has 1 amide bonds. The predicted molar refractivity (Wildman–Crippen MR) is 89.5 cm³/mol. The Bertz CT molecular complexity index is 932. The average molecular weight is 374 g/mol. The maximum absolute atomic E-state index is 10.7. The van der Waals surface area contributed by atoms with Gasteiger partial charge in [-0.1, -0.05) is 5.16 Å². The van der Waals surface area contributed by atoms with Crippen molar-refractivity contribution >= 4 is 11.7 Å². The monoisotopic (exact) mass is 374 g/mol. The van der Waals surface area contributed by atoms with Gasteiger partial charge in [0.25, 0.3) is 0 Å². The number of nitrogens with one attached hydrogen (secondary N) is 1. The molecule has 1 aliphatic heterocycles. The quantitative estimate of drug-likeness (QED) is 0.659. The third-order valence-corrected chi connectivity index (χ3v) is 4.09. The lowest BCUT2D eigenvalue weighted by Gasteiger charge is -2.21. The summed E-state index contributed by atoms with van der Waals surface area (Å²) < 4.78 is 18.0. The second-order valence-corrected chi connectivity index (χ2v) is 6.05. The molecular weight excluding hydrogens is 356 g/mol. The van der Waals surface area contributed by atoms with Crippen molar-refractivity contribution in [3.8, 4) is 11.5 Å². The van der Waals surface area contributed by atoms with E-state index in [-0.39, 0.29) is 19.4 Å². The molecule has 11 heteroatoms. The van der Waals surface area contributed by atoms with Gasteiger partial charge in [0.2, 0.25) is 0 Å². The lowest BCUT2D eigenvalue weighted by atomic mass is 10.2. The van der Waals surface area contributed by atoms with Gasteiger partial charge in [-0.2, -0.15) is 9.61 Å². The highest BCUT2D eigenvalue weighted by Gasteiger charge is 2.16. The zero-order valence-electron chi connectivity index (χ0n) is 14.4. The first-order valence-corrected chi connectivity index (χ1v) is 8.56. The first-order chi connectivity index (χ1) is 13.2. The van der Waals surface area contributed by atoms with Crippen molar-refractivity contribution in [2.45, 2.75) is 38.7 Å². The summed E-state index contributed by atoms with van der Waals surface area (Å²) in [6.45, 7) is 0.997. The van der Waals surface area contributed by atoms with Crippen LogP contribution in [0.1, 0.15) is 30.8 Å². The molecule has 3 aromatic rings. The van der Waals surface area contributed by atoms with Crippen LogP contribution >= 0.6 is 0 Å². The normalized spacial score (nSPS) is 17.3. The number of aromatic nitrogens is 5. The van der Waals surface area contributed by atoms with E-state index in [1.54, 1.807) is 18.2 Å². The molecule has 1 aliphatic rings. The number of ether oxygens (including phenoxy) is 2. The highest BCUT2D eigenvalue weighted by atomic mass is 16.7. The minimum atomic E-state index is -1.15. The number of carboxylic acid groups (broad SMARTS) is 1. The number of hydrogen-bond acceptors (Lipinski definition) is 8.